The third-order valence-electron chi connectivity index (χ3n) is 3.79. The third-order valence-corrected chi connectivity index (χ3v) is 3.79. The number of amides is 1. The largest absolute Gasteiger partial charge is 0.383 e. The van der Waals surface area contributed by atoms with Crippen molar-refractivity contribution >= 4 is 5.91 Å². The molecule has 1 fully saturated rings. The Labute approximate surface area is 111 Å². The van der Waals surface area contributed by atoms with Crippen LogP contribution in [0.2, 0.25) is 0 Å². The van der Waals surface area contributed by atoms with E-state index >= 15 is 0 Å². The maximum Gasteiger partial charge on any atom is 0.234 e. The zero-order valence-electron chi connectivity index (χ0n) is 12.0. The van der Waals surface area contributed by atoms with Crippen LogP contribution in [0.4, 0.5) is 0 Å². The van der Waals surface area contributed by atoms with Crippen LogP contribution in [0.3, 0.4) is 0 Å². The van der Waals surface area contributed by atoms with Gasteiger partial charge in [-0.15, -0.1) is 0 Å². The number of carbonyl (C=O) groups excluding carboxylic acids is 1. The highest BCUT2D eigenvalue weighted by Gasteiger charge is 2.28. The highest BCUT2D eigenvalue weighted by molar-refractivity contribution is 5.78. The molecule has 0 radical (unpaired) electrons. The first-order chi connectivity index (χ1) is 8.65. The fourth-order valence-corrected chi connectivity index (χ4v) is 2.77. The van der Waals surface area contributed by atoms with Crippen LogP contribution in [0.1, 0.15) is 39.5 Å². The fraction of sp³-hybridized carbons (Fsp3) is 0.929. The molecular weight excluding hydrogens is 228 g/mol. The average molecular weight is 256 g/mol. The smallest absolute Gasteiger partial charge is 0.234 e. The van der Waals surface area contributed by atoms with Gasteiger partial charge in [-0.25, -0.2) is 0 Å². The summed E-state index contributed by atoms with van der Waals surface area (Å²) in [4.78, 5) is 11.8. The van der Waals surface area contributed by atoms with Gasteiger partial charge >= 0.3 is 0 Å². The van der Waals surface area contributed by atoms with Crippen molar-refractivity contribution in [2.24, 2.45) is 11.8 Å². The molecule has 106 valence electrons. The molecule has 18 heavy (non-hydrogen) atoms. The van der Waals surface area contributed by atoms with Gasteiger partial charge < -0.3 is 15.4 Å². The summed E-state index contributed by atoms with van der Waals surface area (Å²) in [7, 11) is 1.66. The van der Waals surface area contributed by atoms with E-state index in [2.05, 4.69) is 24.5 Å². The van der Waals surface area contributed by atoms with Gasteiger partial charge in [0.2, 0.25) is 5.91 Å². The van der Waals surface area contributed by atoms with E-state index < -0.39 is 0 Å². The summed E-state index contributed by atoms with van der Waals surface area (Å²) in [5.74, 6) is 1.40. The van der Waals surface area contributed by atoms with Gasteiger partial charge in [0.1, 0.15) is 0 Å². The quantitative estimate of drug-likeness (QED) is 0.680. The maximum atomic E-state index is 11.8. The Kier molecular flexibility index (Phi) is 7.28. The second-order valence-electron chi connectivity index (χ2n) is 5.54. The number of hydrogen-bond acceptors (Lipinski definition) is 3. The van der Waals surface area contributed by atoms with Crippen LogP contribution in [0.15, 0.2) is 0 Å². The summed E-state index contributed by atoms with van der Waals surface area (Å²) in [6.45, 7) is 6.27. The van der Waals surface area contributed by atoms with Crippen LogP contribution in [0, 0.1) is 11.8 Å². The normalized spacial score (nSPS) is 24.2. The Hall–Kier alpha value is -0.610. The minimum Gasteiger partial charge on any atom is -0.383 e. The Bertz CT molecular complexity index is 244. The van der Waals surface area contributed by atoms with Crippen molar-refractivity contribution in [1.29, 1.82) is 0 Å². The Morgan fingerprint density at radius 2 is 2.06 bits per heavy atom. The van der Waals surface area contributed by atoms with Gasteiger partial charge in [0.15, 0.2) is 0 Å². The van der Waals surface area contributed by atoms with Crippen molar-refractivity contribution in [3.05, 3.63) is 0 Å². The van der Waals surface area contributed by atoms with Crippen LogP contribution in [-0.4, -0.2) is 38.8 Å². The summed E-state index contributed by atoms with van der Waals surface area (Å²) >= 11 is 0. The zero-order chi connectivity index (χ0) is 13.4. The van der Waals surface area contributed by atoms with E-state index in [9.17, 15) is 4.79 Å². The number of rotatable bonds is 7. The van der Waals surface area contributed by atoms with Crippen LogP contribution in [0.25, 0.3) is 0 Å². The molecule has 1 aliphatic rings. The molecule has 1 aliphatic carbocycles. The van der Waals surface area contributed by atoms with Crippen molar-refractivity contribution in [2.45, 2.75) is 45.6 Å². The Morgan fingerprint density at radius 3 is 2.72 bits per heavy atom. The predicted octanol–water partition coefficient (Wildman–Crippen LogP) is 1.55. The monoisotopic (exact) mass is 256 g/mol. The van der Waals surface area contributed by atoms with Gasteiger partial charge in [0.25, 0.3) is 0 Å². The van der Waals surface area contributed by atoms with Crippen molar-refractivity contribution in [2.75, 3.05) is 26.8 Å². The first kappa shape index (κ1) is 15.4. The van der Waals surface area contributed by atoms with E-state index in [0.29, 0.717) is 31.0 Å². The second kappa shape index (κ2) is 8.48. The Balaban J connectivity index is 2.28. The van der Waals surface area contributed by atoms with E-state index in [1.165, 1.54) is 19.3 Å². The highest BCUT2D eigenvalue weighted by atomic mass is 16.5. The molecule has 0 bridgehead atoms. The molecule has 1 rings (SSSR count). The molecule has 2 N–H and O–H groups in total. The van der Waals surface area contributed by atoms with Gasteiger partial charge in [0.05, 0.1) is 13.2 Å². The van der Waals surface area contributed by atoms with Crippen molar-refractivity contribution < 1.29 is 9.53 Å². The molecule has 0 spiro atoms. The van der Waals surface area contributed by atoms with Gasteiger partial charge in [-0.2, -0.15) is 0 Å². The minimum absolute atomic E-state index is 0.114. The van der Waals surface area contributed by atoms with Crippen molar-refractivity contribution in [3.8, 4) is 0 Å². The lowest BCUT2D eigenvalue weighted by Gasteiger charge is -2.34. The highest BCUT2D eigenvalue weighted by Crippen LogP contribution is 2.29. The van der Waals surface area contributed by atoms with Crippen LogP contribution >= 0.6 is 0 Å². The summed E-state index contributed by atoms with van der Waals surface area (Å²) < 4.78 is 4.93. The number of carbonyl (C=O) groups is 1. The van der Waals surface area contributed by atoms with Crippen LogP contribution in [0.5, 0.6) is 0 Å². The fourth-order valence-electron chi connectivity index (χ4n) is 2.77. The minimum atomic E-state index is 0.114. The standard InChI is InChI=1S/C14H28N2O2/c1-11(2)12-6-4-5-7-13(12)16-14(17)10-15-8-9-18-3/h11-13,15H,4-10H2,1-3H3,(H,16,17). The van der Waals surface area contributed by atoms with E-state index in [0.717, 1.165) is 13.0 Å². The zero-order valence-corrected chi connectivity index (χ0v) is 12.0. The molecule has 1 saturated carbocycles. The molecule has 0 aromatic heterocycles. The summed E-state index contributed by atoms with van der Waals surface area (Å²) in [5, 5.41) is 6.27. The summed E-state index contributed by atoms with van der Waals surface area (Å²) in [5.41, 5.74) is 0. The van der Waals surface area contributed by atoms with Gasteiger partial charge in [-0.05, 0) is 24.7 Å². The lowest BCUT2D eigenvalue weighted by atomic mass is 9.78. The lowest BCUT2D eigenvalue weighted by Crippen LogP contribution is -2.47. The van der Waals surface area contributed by atoms with E-state index in [1.54, 1.807) is 7.11 Å². The number of nitrogens with one attached hydrogen (secondary N) is 2. The molecule has 0 heterocycles. The summed E-state index contributed by atoms with van der Waals surface area (Å²) in [6, 6.07) is 0.371. The third kappa shape index (κ3) is 5.36. The first-order valence-electron chi connectivity index (χ1n) is 7.14. The van der Waals surface area contributed by atoms with Gasteiger partial charge in [0, 0.05) is 19.7 Å². The van der Waals surface area contributed by atoms with Crippen LogP contribution < -0.4 is 10.6 Å². The molecule has 4 heteroatoms. The predicted molar refractivity (Wildman–Crippen MR) is 73.5 cm³/mol. The number of ether oxygens (including phenoxy) is 1. The number of hydrogen-bond donors (Lipinski definition) is 2. The topological polar surface area (TPSA) is 50.4 Å². The van der Waals surface area contributed by atoms with E-state index in [1.807, 2.05) is 0 Å². The SMILES string of the molecule is COCCNCC(=O)NC1CCCCC1C(C)C. The van der Waals surface area contributed by atoms with Crippen molar-refractivity contribution in [1.82, 2.24) is 10.6 Å². The number of methoxy groups -OCH3 is 1. The lowest BCUT2D eigenvalue weighted by molar-refractivity contribution is -0.121. The Morgan fingerprint density at radius 1 is 1.33 bits per heavy atom. The average Bonchev–Trinajstić information content (AvgIpc) is 2.35. The molecule has 4 nitrogen and oxygen atoms in total. The second-order valence-corrected chi connectivity index (χ2v) is 5.54. The van der Waals surface area contributed by atoms with E-state index in [4.69, 9.17) is 4.74 Å². The molecular formula is C14H28N2O2. The first-order valence-corrected chi connectivity index (χ1v) is 7.14. The summed E-state index contributed by atoms with van der Waals surface area (Å²) in [6.07, 6.45) is 4.93. The molecule has 2 atom stereocenters. The molecule has 0 saturated heterocycles. The van der Waals surface area contributed by atoms with Gasteiger partial charge in [-0.3, -0.25) is 4.79 Å². The van der Waals surface area contributed by atoms with Crippen molar-refractivity contribution in [3.63, 3.8) is 0 Å². The molecule has 0 aromatic carbocycles. The van der Waals surface area contributed by atoms with E-state index in [-0.39, 0.29) is 5.91 Å². The molecule has 0 aliphatic heterocycles. The molecule has 2 unspecified atom stereocenters. The van der Waals surface area contributed by atoms with Gasteiger partial charge in [-0.1, -0.05) is 26.7 Å². The molecule has 0 aromatic rings. The molecule has 1 amide bonds. The van der Waals surface area contributed by atoms with Crippen LogP contribution in [-0.2, 0) is 9.53 Å². The maximum absolute atomic E-state index is 11.8.